The zero-order chi connectivity index (χ0) is 14.7. The number of rotatable bonds is 4. The van der Waals surface area contributed by atoms with Gasteiger partial charge in [-0.2, -0.15) is 0 Å². The van der Waals surface area contributed by atoms with Gasteiger partial charge in [-0.3, -0.25) is 4.79 Å². The summed E-state index contributed by atoms with van der Waals surface area (Å²) in [7, 11) is 0. The molecule has 1 aliphatic rings. The highest BCUT2D eigenvalue weighted by Gasteiger charge is 2.24. The van der Waals surface area contributed by atoms with Crippen molar-refractivity contribution in [3.63, 3.8) is 0 Å². The summed E-state index contributed by atoms with van der Waals surface area (Å²) in [5.41, 5.74) is 2.22. The van der Waals surface area contributed by atoms with Gasteiger partial charge >= 0.3 is 5.97 Å². The molecule has 0 fully saturated rings. The molecule has 108 valence electrons. The van der Waals surface area contributed by atoms with E-state index in [0.717, 1.165) is 17.5 Å². The summed E-state index contributed by atoms with van der Waals surface area (Å²) in [6.07, 6.45) is 2.20. The van der Waals surface area contributed by atoms with Gasteiger partial charge in [0.25, 0.3) is 0 Å². The second kappa shape index (κ2) is 6.07. The SMILES string of the molecule is CCC(C)CC(=O)N1CCc2c(cccc2C(=O)O)C1. The number of carbonyl (C=O) groups excluding carboxylic acids is 1. The average Bonchev–Trinajstić information content (AvgIpc) is 2.45. The number of carboxylic acid groups (broad SMARTS) is 1. The summed E-state index contributed by atoms with van der Waals surface area (Å²) in [6, 6.07) is 5.31. The number of nitrogens with zero attached hydrogens (tertiary/aromatic N) is 1. The van der Waals surface area contributed by atoms with E-state index in [1.165, 1.54) is 0 Å². The van der Waals surface area contributed by atoms with Crippen LogP contribution in [0.3, 0.4) is 0 Å². The van der Waals surface area contributed by atoms with Crippen molar-refractivity contribution in [3.8, 4) is 0 Å². The van der Waals surface area contributed by atoms with E-state index >= 15 is 0 Å². The molecular formula is C16H21NO3. The maximum atomic E-state index is 12.2. The highest BCUT2D eigenvalue weighted by Crippen LogP contribution is 2.24. The van der Waals surface area contributed by atoms with Crippen LogP contribution in [0.4, 0.5) is 0 Å². The van der Waals surface area contributed by atoms with Gasteiger partial charge in [-0.1, -0.05) is 32.4 Å². The third-order valence-corrected chi connectivity index (χ3v) is 4.07. The summed E-state index contributed by atoms with van der Waals surface area (Å²) in [6.45, 7) is 5.32. The van der Waals surface area contributed by atoms with Gasteiger partial charge in [-0.05, 0) is 29.5 Å². The van der Waals surface area contributed by atoms with Gasteiger partial charge in [-0.25, -0.2) is 4.79 Å². The zero-order valence-electron chi connectivity index (χ0n) is 12.1. The molecule has 1 aliphatic heterocycles. The minimum atomic E-state index is -0.888. The third-order valence-electron chi connectivity index (χ3n) is 4.07. The van der Waals surface area contributed by atoms with E-state index < -0.39 is 5.97 Å². The highest BCUT2D eigenvalue weighted by molar-refractivity contribution is 5.90. The molecule has 1 unspecified atom stereocenters. The lowest BCUT2D eigenvalue weighted by Gasteiger charge is -2.30. The molecule has 1 heterocycles. The van der Waals surface area contributed by atoms with Crippen LogP contribution in [0.15, 0.2) is 18.2 Å². The first kappa shape index (κ1) is 14.6. The fourth-order valence-corrected chi connectivity index (χ4v) is 2.59. The van der Waals surface area contributed by atoms with Crippen molar-refractivity contribution in [2.24, 2.45) is 5.92 Å². The number of carbonyl (C=O) groups is 2. The van der Waals surface area contributed by atoms with Crippen LogP contribution < -0.4 is 0 Å². The molecule has 0 saturated heterocycles. The Morgan fingerprint density at radius 3 is 2.80 bits per heavy atom. The molecule has 4 nitrogen and oxygen atoms in total. The molecule has 20 heavy (non-hydrogen) atoms. The Bertz CT molecular complexity index is 524. The van der Waals surface area contributed by atoms with E-state index in [1.807, 2.05) is 11.0 Å². The molecule has 0 spiro atoms. The van der Waals surface area contributed by atoms with Gasteiger partial charge in [0.15, 0.2) is 0 Å². The normalized spacial score (nSPS) is 15.6. The first-order valence-corrected chi connectivity index (χ1v) is 7.14. The Labute approximate surface area is 119 Å². The third kappa shape index (κ3) is 3.00. The van der Waals surface area contributed by atoms with Crippen LogP contribution in [0.5, 0.6) is 0 Å². The molecule has 4 heteroatoms. The van der Waals surface area contributed by atoms with Crippen molar-refractivity contribution in [1.29, 1.82) is 0 Å². The fraction of sp³-hybridized carbons (Fsp3) is 0.500. The van der Waals surface area contributed by atoms with Crippen molar-refractivity contribution in [2.75, 3.05) is 6.54 Å². The molecule has 2 rings (SSSR count). The lowest BCUT2D eigenvalue weighted by atomic mass is 9.94. The maximum absolute atomic E-state index is 12.2. The lowest BCUT2D eigenvalue weighted by Crippen LogP contribution is -2.37. The molecule has 0 aliphatic carbocycles. The largest absolute Gasteiger partial charge is 0.478 e. The molecular weight excluding hydrogens is 254 g/mol. The molecule has 1 aromatic rings. The number of hydrogen-bond donors (Lipinski definition) is 1. The molecule has 1 atom stereocenters. The average molecular weight is 275 g/mol. The Morgan fingerprint density at radius 1 is 1.40 bits per heavy atom. The van der Waals surface area contributed by atoms with E-state index in [1.54, 1.807) is 12.1 Å². The number of aromatic carboxylic acids is 1. The highest BCUT2D eigenvalue weighted by atomic mass is 16.4. The zero-order valence-corrected chi connectivity index (χ0v) is 12.1. The monoisotopic (exact) mass is 275 g/mol. The van der Waals surface area contributed by atoms with E-state index in [2.05, 4.69) is 13.8 Å². The van der Waals surface area contributed by atoms with Crippen LogP contribution in [-0.4, -0.2) is 28.4 Å². The predicted octanol–water partition coefficient (Wildman–Crippen LogP) is 2.71. The van der Waals surface area contributed by atoms with Crippen LogP contribution in [0, 0.1) is 5.92 Å². The van der Waals surface area contributed by atoms with Crippen LogP contribution in [0.1, 0.15) is 48.2 Å². The van der Waals surface area contributed by atoms with Crippen molar-refractivity contribution in [1.82, 2.24) is 4.90 Å². The minimum absolute atomic E-state index is 0.172. The van der Waals surface area contributed by atoms with Crippen molar-refractivity contribution in [2.45, 2.75) is 39.7 Å². The quantitative estimate of drug-likeness (QED) is 0.919. The van der Waals surface area contributed by atoms with Crippen LogP contribution in [0.25, 0.3) is 0 Å². The predicted molar refractivity (Wildman–Crippen MR) is 76.6 cm³/mol. The Hall–Kier alpha value is -1.84. The molecule has 0 bridgehead atoms. The number of carboxylic acids is 1. The molecule has 0 saturated carbocycles. The summed E-state index contributed by atoms with van der Waals surface area (Å²) in [5.74, 6) is -0.318. The Kier molecular flexibility index (Phi) is 4.42. The Balaban J connectivity index is 2.14. The van der Waals surface area contributed by atoms with Gasteiger partial charge in [0.1, 0.15) is 0 Å². The smallest absolute Gasteiger partial charge is 0.335 e. The second-order valence-corrected chi connectivity index (χ2v) is 5.53. The van der Waals surface area contributed by atoms with Gasteiger partial charge in [0.05, 0.1) is 5.56 Å². The van der Waals surface area contributed by atoms with Crippen LogP contribution in [-0.2, 0) is 17.8 Å². The molecule has 1 aromatic carbocycles. The second-order valence-electron chi connectivity index (χ2n) is 5.53. The number of fused-ring (bicyclic) bond motifs is 1. The van der Waals surface area contributed by atoms with Crippen molar-refractivity contribution in [3.05, 3.63) is 34.9 Å². The van der Waals surface area contributed by atoms with Crippen molar-refractivity contribution < 1.29 is 14.7 Å². The molecule has 1 amide bonds. The summed E-state index contributed by atoms with van der Waals surface area (Å²) >= 11 is 0. The van der Waals surface area contributed by atoms with Gasteiger partial charge in [-0.15, -0.1) is 0 Å². The van der Waals surface area contributed by atoms with Gasteiger partial charge in [0, 0.05) is 19.5 Å². The maximum Gasteiger partial charge on any atom is 0.335 e. The standard InChI is InChI=1S/C16H21NO3/c1-3-11(2)9-15(18)17-8-7-13-12(10-17)5-4-6-14(13)16(19)20/h4-6,11H,3,7-10H2,1-2H3,(H,19,20). The number of benzene rings is 1. The molecule has 0 radical (unpaired) electrons. The van der Waals surface area contributed by atoms with Gasteiger partial charge < -0.3 is 10.0 Å². The van der Waals surface area contributed by atoms with E-state index in [-0.39, 0.29) is 5.91 Å². The molecule has 1 N–H and O–H groups in total. The first-order valence-electron chi connectivity index (χ1n) is 7.14. The van der Waals surface area contributed by atoms with E-state index in [9.17, 15) is 14.7 Å². The van der Waals surface area contributed by atoms with Crippen LogP contribution in [0.2, 0.25) is 0 Å². The number of amides is 1. The van der Waals surface area contributed by atoms with Crippen molar-refractivity contribution >= 4 is 11.9 Å². The summed E-state index contributed by atoms with van der Waals surface area (Å²) in [4.78, 5) is 25.2. The molecule has 0 aromatic heterocycles. The number of hydrogen-bond acceptors (Lipinski definition) is 2. The summed E-state index contributed by atoms with van der Waals surface area (Å²) < 4.78 is 0. The minimum Gasteiger partial charge on any atom is -0.478 e. The van der Waals surface area contributed by atoms with E-state index in [4.69, 9.17) is 0 Å². The van der Waals surface area contributed by atoms with E-state index in [0.29, 0.717) is 37.4 Å². The lowest BCUT2D eigenvalue weighted by molar-refractivity contribution is -0.133. The van der Waals surface area contributed by atoms with Crippen LogP contribution >= 0.6 is 0 Å². The fourth-order valence-electron chi connectivity index (χ4n) is 2.59. The topological polar surface area (TPSA) is 57.6 Å². The Morgan fingerprint density at radius 2 is 2.15 bits per heavy atom. The summed E-state index contributed by atoms with van der Waals surface area (Å²) in [5, 5.41) is 9.19. The van der Waals surface area contributed by atoms with Gasteiger partial charge in [0.2, 0.25) is 5.91 Å². The first-order chi connectivity index (χ1) is 9.52.